The maximum absolute atomic E-state index is 12.0. The number of hydrogen-bond acceptors (Lipinski definition) is 4. The second-order valence-corrected chi connectivity index (χ2v) is 3.89. The molecule has 16 heavy (non-hydrogen) atoms. The summed E-state index contributed by atoms with van der Waals surface area (Å²) in [5.74, 6) is 1.25. The van der Waals surface area contributed by atoms with Crippen LogP contribution in [0.3, 0.4) is 0 Å². The molecule has 1 aromatic carbocycles. The number of ketones is 1. The number of carbonyl (C=O) groups is 1. The Labute approximate surface area is 94.3 Å². The minimum absolute atomic E-state index is 0.0189. The highest BCUT2D eigenvalue weighted by Crippen LogP contribution is 2.39. The zero-order valence-electron chi connectivity index (χ0n) is 9.50. The van der Waals surface area contributed by atoms with Crippen molar-refractivity contribution < 1.29 is 14.3 Å². The minimum atomic E-state index is 0.0189. The lowest BCUT2D eigenvalue weighted by Gasteiger charge is -2.10. The molecule has 0 amide bonds. The second kappa shape index (κ2) is 4.14. The Morgan fingerprint density at radius 2 is 2.19 bits per heavy atom. The summed E-state index contributed by atoms with van der Waals surface area (Å²) in [4.78, 5) is 12.0. The Morgan fingerprint density at radius 1 is 1.44 bits per heavy atom. The van der Waals surface area contributed by atoms with E-state index < -0.39 is 0 Å². The average molecular weight is 221 g/mol. The Bertz CT molecular complexity index is 440. The molecule has 0 saturated carbocycles. The van der Waals surface area contributed by atoms with Crippen molar-refractivity contribution in [3.63, 3.8) is 0 Å². The van der Waals surface area contributed by atoms with E-state index in [1.165, 1.54) is 0 Å². The number of rotatable bonds is 3. The van der Waals surface area contributed by atoms with Crippen LogP contribution in [0.4, 0.5) is 0 Å². The van der Waals surface area contributed by atoms with Gasteiger partial charge in [0.1, 0.15) is 0 Å². The zero-order chi connectivity index (χ0) is 11.7. The van der Waals surface area contributed by atoms with Crippen LogP contribution in [0, 0.1) is 13.8 Å². The molecule has 0 aliphatic carbocycles. The van der Waals surface area contributed by atoms with Gasteiger partial charge in [0.05, 0.1) is 5.56 Å². The van der Waals surface area contributed by atoms with E-state index in [1.54, 1.807) is 0 Å². The molecule has 0 bridgehead atoms. The van der Waals surface area contributed by atoms with Gasteiger partial charge in [-0.3, -0.25) is 4.79 Å². The normalized spacial score (nSPS) is 12.9. The van der Waals surface area contributed by atoms with E-state index in [1.807, 2.05) is 19.9 Å². The molecule has 0 spiro atoms. The van der Waals surface area contributed by atoms with Crippen molar-refractivity contribution in [2.45, 2.75) is 20.3 Å². The first-order valence-electron chi connectivity index (χ1n) is 5.28. The Balaban J connectivity index is 2.54. The summed E-state index contributed by atoms with van der Waals surface area (Å²) in [6.07, 6.45) is 0.333. The van der Waals surface area contributed by atoms with Gasteiger partial charge in [0.2, 0.25) is 6.79 Å². The summed E-state index contributed by atoms with van der Waals surface area (Å²) >= 11 is 0. The predicted molar refractivity (Wildman–Crippen MR) is 60.0 cm³/mol. The van der Waals surface area contributed by atoms with Crippen LogP contribution in [0.5, 0.6) is 11.5 Å². The van der Waals surface area contributed by atoms with Gasteiger partial charge < -0.3 is 15.2 Å². The smallest absolute Gasteiger partial charge is 0.231 e. The maximum atomic E-state index is 12.0. The van der Waals surface area contributed by atoms with E-state index in [2.05, 4.69) is 0 Å². The van der Waals surface area contributed by atoms with Crippen molar-refractivity contribution in [1.29, 1.82) is 0 Å². The number of carbonyl (C=O) groups excluding carboxylic acids is 1. The van der Waals surface area contributed by atoms with Crippen molar-refractivity contribution in [1.82, 2.24) is 0 Å². The van der Waals surface area contributed by atoms with Crippen molar-refractivity contribution in [3.05, 3.63) is 22.8 Å². The first-order chi connectivity index (χ1) is 7.65. The van der Waals surface area contributed by atoms with Crippen molar-refractivity contribution in [3.8, 4) is 11.5 Å². The molecule has 2 N–H and O–H groups in total. The van der Waals surface area contributed by atoms with Gasteiger partial charge in [-0.25, -0.2) is 0 Å². The van der Waals surface area contributed by atoms with Crippen LogP contribution in [0.15, 0.2) is 6.07 Å². The molecule has 4 heteroatoms. The molecule has 2 rings (SSSR count). The Hall–Kier alpha value is -1.55. The monoisotopic (exact) mass is 221 g/mol. The van der Waals surface area contributed by atoms with Crippen LogP contribution in [0.25, 0.3) is 0 Å². The largest absolute Gasteiger partial charge is 0.454 e. The lowest BCUT2D eigenvalue weighted by Crippen LogP contribution is -2.11. The van der Waals surface area contributed by atoms with Gasteiger partial charge in [-0.2, -0.15) is 0 Å². The number of nitrogens with two attached hydrogens (primary N) is 1. The highest BCUT2D eigenvalue weighted by atomic mass is 16.7. The Morgan fingerprint density at radius 3 is 2.88 bits per heavy atom. The SMILES string of the molecule is Cc1cc2c(c(C(=O)CCN)c1C)OCO2. The van der Waals surface area contributed by atoms with Crippen molar-refractivity contribution >= 4 is 5.78 Å². The summed E-state index contributed by atoms with van der Waals surface area (Å²) in [7, 11) is 0. The molecule has 1 aliphatic heterocycles. The van der Waals surface area contributed by atoms with Gasteiger partial charge in [0, 0.05) is 6.42 Å². The zero-order valence-corrected chi connectivity index (χ0v) is 9.50. The quantitative estimate of drug-likeness (QED) is 0.787. The second-order valence-electron chi connectivity index (χ2n) is 3.89. The molecule has 0 saturated heterocycles. The number of benzene rings is 1. The Kier molecular flexibility index (Phi) is 2.83. The third kappa shape index (κ3) is 1.65. The van der Waals surface area contributed by atoms with E-state index in [9.17, 15) is 4.79 Å². The van der Waals surface area contributed by atoms with Crippen LogP contribution in [0.1, 0.15) is 27.9 Å². The highest BCUT2D eigenvalue weighted by molar-refractivity contribution is 6.01. The maximum Gasteiger partial charge on any atom is 0.231 e. The van der Waals surface area contributed by atoms with E-state index in [0.717, 1.165) is 11.1 Å². The number of hydrogen-bond donors (Lipinski definition) is 1. The van der Waals surface area contributed by atoms with E-state index in [0.29, 0.717) is 30.0 Å². The van der Waals surface area contributed by atoms with Crippen LogP contribution >= 0.6 is 0 Å². The standard InChI is InChI=1S/C12H15NO3/c1-7-5-10-12(16-6-15-10)11(8(7)2)9(14)3-4-13/h5H,3-4,6,13H2,1-2H3. The van der Waals surface area contributed by atoms with Crippen molar-refractivity contribution in [2.24, 2.45) is 5.73 Å². The molecule has 0 unspecified atom stereocenters. The summed E-state index contributed by atoms with van der Waals surface area (Å²) in [6, 6.07) is 1.90. The molecule has 1 heterocycles. The van der Waals surface area contributed by atoms with Gasteiger partial charge in [-0.1, -0.05) is 0 Å². The number of aryl methyl sites for hydroxylation is 1. The molecular formula is C12H15NO3. The van der Waals surface area contributed by atoms with Gasteiger partial charge in [0.25, 0.3) is 0 Å². The molecule has 86 valence electrons. The summed E-state index contributed by atoms with van der Waals surface area (Å²) < 4.78 is 10.6. The lowest BCUT2D eigenvalue weighted by molar-refractivity contribution is 0.0980. The van der Waals surface area contributed by atoms with Gasteiger partial charge in [0.15, 0.2) is 17.3 Å². The fraction of sp³-hybridized carbons (Fsp3) is 0.417. The lowest BCUT2D eigenvalue weighted by atomic mass is 9.97. The van der Waals surface area contributed by atoms with Crippen LogP contribution in [0.2, 0.25) is 0 Å². The molecule has 0 radical (unpaired) electrons. The topological polar surface area (TPSA) is 61.6 Å². The third-order valence-corrected chi connectivity index (χ3v) is 2.83. The van der Waals surface area contributed by atoms with Crippen LogP contribution in [-0.4, -0.2) is 19.1 Å². The molecule has 0 atom stereocenters. The number of fused-ring (bicyclic) bond motifs is 1. The van der Waals surface area contributed by atoms with Crippen molar-refractivity contribution in [2.75, 3.05) is 13.3 Å². The minimum Gasteiger partial charge on any atom is -0.454 e. The van der Waals surface area contributed by atoms with E-state index >= 15 is 0 Å². The summed E-state index contributed by atoms with van der Waals surface area (Å²) in [5, 5.41) is 0. The molecule has 0 fully saturated rings. The fourth-order valence-corrected chi connectivity index (χ4v) is 1.86. The van der Waals surface area contributed by atoms with E-state index in [4.69, 9.17) is 15.2 Å². The molecule has 0 aromatic heterocycles. The van der Waals surface area contributed by atoms with Crippen LogP contribution in [-0.2, 0) is 0 Å². The van der Waals surface area contributed by atoms with Crippen LogP contribution < -0.4 is 15.2 Å². The first kappa shape index (κ1) is 11.0. The summed E-state index contributed by atoms with van der Waals surface area (Å²) in [6.45, 7) is 4.40. The summed E-state index contributed by atoms with van der Waals surface area (Å²) in [5.41, 5.74) is 8.01. The number of ether oxygens (including phenoxy) is 2. The molecular weight excluding hydrogens is 206 g/mol. The molecule has 1 aliphatic rings. The van der Waals surface area contributed by atoms with E-state index in [-0.39, 0.29) is 12.6 Å². The molecule has 4 nitrogen and oxygen atoms in total. The van der Waals surface area contributed by atoms with Gasteiger partial charge in [-0.05, 0) is 37.6 Å². The fourth-order valence-electron chi connectivity index (χ4n) is 1.86. The van der Waals surface area contributed by atoms with Gasteiger partial charge >= 0.3 is 0 Å². The third-order valence-electron chi connectivity index (χ3n) is 2.83. The molecule has 1 aromatic rings. The highest BCUT2D eigenvalue weighted by Gasteiger charge is 2.25. The first-order valence-corrected chi connectivity index (χ1v) is 5.28. The van der Waals surface area contributed by atoms with Gasteiger partial charge in [-0.15, -0.1) is 0 Å². The predicted octanol–water partition coefficient (Wildman–Crippen LogP) is 1.56. The average Bonchev–Trinajstić information content (AvgIpc) is 2.67. The number of Topliss-reactive ketones (excluding diaryl/α,β-unsaturated/α-hetero) is 1.